The van der Waals surface area contributed by atoms with E-state index in [1.165, 1.54) is 36.3 Å². The molecule has 0 radical (unpaired) electrons. The molecule has 1 aromatic heterocycles. The van der Waals surface area contributed by atoms with E-state index in [0.717, 1.165) is 6.07 Å². The quantitative estimate of drug-likeness (QED) is 0.398. The van der Waals surface area contributed by atoms with Gasteiger partial charge in [0.25, 0.3) is 0 Å². The average molecular weight is 475 g/mol. The summed E-state index contributed by atoms with van der Waals surface area (Å²) in [4.78, 5) is 42.8. The van der Waals surface area contributed by atoms with E-state index in [1.807, 2.05) is 0 Å². The molecular formula is C24H24ClFN2O5. The van der Waals surface area contributed by atoms with E-state index in [2.05, 4.69) is 4.98 Å². The van der Waals surface area contributed by atoms with Gasteiger partial charge in [0.15, 0.2) is 5.78 Å². The van der Waals surface area contributed by atoms with Gasteiger partial charge in [-0.1, -0.05) is 23.7 Å². The Balaban J connectivity index is 2.16. The second-order valence-corrected chi connectivity index (χ2v) is 8.94. The van der Waals surface area contributed by atoms with E-state index in [9.17, 15) is 18.8 Å². The van der Waals surface area contributed by atoms with Crippen molar-refractivity contribution in [1.82, 2.24) is 4.98 Å². The molecule has 0 atom stereocenters. The number of Topliss-reactive ketones (excluding diaryl/α,β-unsaturated/α-hetero) is 1. The number of carbonyl (C=O) groups is 3. The maximum atomic E-state index is 13.6. The maximum absolute atomic E-state index is 13.6. The highest BCUT2D eigenvalue weighted by Crippen LogP contribution is 2.36. The molecule has 0 aliphatic carbocycles. The molecular weight excluding hydrogens is 451 g/mol. The van der Waals surface area contributed by atoms with Gasteiger partial charge in [0.05, 0.1) is 30.4 Å². The van der Waals surface area contributed by atoms with Crippen LogP contribution in [-0.4, -0.2) is 49.0 Å². The van der Waals surface area contributed by atoms with Crippen LogP contribution in [-0.2, 0) is 9.47 Å². The Bertz CT molecular complexity index is 1250. The fourth-order valence-corrected chi connectivity index (χ4v) is 3.67. The monoisotopic (exact) mass is 474 g/mol. The van der Waals surface area contributed by atoms with Crippen molar-refractivity contribution in [2.75, 3.05) is 25.6 Å². The molecule has 0 saturated carbocycles. The fraction of sp³-hybridized carbons (Fsp3) is 0.292. The summed E-state index contributed by atoms with van der Waals surface area (Å²) < 4.78 is 24.0. The van der Waals surface area contributed by atoms with Crippen molar-refractivity contribution in [3.8, 4) is 0 Å². The van der Waals surface area contributed by atoms with Crippen LogP contribution in [0.4, 0.5) is 10.1 Å². The standard InChI is InChI=1S/C24H24ClFN2O5/c1-24(2,3)33-22(30)16-10-14(25)11-17-19(16)21(20(27-17)23(31)32-5)28(4)12-18(29)13-7-6-8-15(26)9-13/h6-11,27H,12H2,1-5H3. The van der Waals surface area contributed by atoms with Crippen molar-refractivity contribution in [2.24, 2.45) is 0 Å². The van der Waals surface area contributed by atoms with Crippen LogP contribution < -0.4 is 4.90 Å². The molecule has 174 valence electrons. The summed E-state index contributed by atoms with van der Waals surface area (Å²) in [7, 11) is 2.80. The number of benzene rings is 2. The predicted octanol–water partition coefficient (Wildman–Crippen LogP) is 5.02. The minimum Gasteiger partial charge on any atom is -0.464 e. The molecule has 33 heavy (non-hydrogen) atoms. The van der Waals surface area contributed by atoms with Crippen LogP contribution >= 0.6 is 11.6 Å². The Kier molecular flexibility index (Phi) is 6.78. The first-order valence-corrected chi connectivity index (χ1v) is 10.5. The first-order valence-electron chi connectivity index (χ1n) is 10.1. The summed E-state index contributed by atoms with van der Waals surface area (Å²) >= 11 is 6.23. The van der Waals surface area contributed by atoms with Crippen LogP contribution in [0.1, 0.15) is 52.0 Å². The molecule has 9 heteroatoms. The van der Waals surface area contributed by atoms with Gasteiger partial charge in [-0.05, 0) is 45.0 Å². The van der Waals surface area contributed by atoms with E-state index in [4.69, 9.17) is 21.1 Å². The predicted molar refractivity (Wildman–Crippen MR) is 124 cm³/mol. The molecule has 0 amide bonds. The molecule has 0 unspecified atom stereocenters. The highest BCUT2D eigenvalue weighted by molar-refractivity contribution is 6.32. The number of ketones is 1. The lowest BCUT2D eigenvalue weighted by molar-refractivity contribution is 0.00715. The molecule has 0 aliphatic rings. The number of fused-ring (bicyclic) bond motifs is 1. The zero-order chi connectivity index (χ0) is 24.5. The molecule has 0 aliphatic heterocycles. The van der Waals surface area contributed by atoms with Crippen LogP contribution in [0.2, 0.25) is 5.02 Å². The van der Waals surface area contributed by atoms with Crippen LogP contribution in [0.25, 0.3) is 10.9 Å². The Hall–Kier alpha value is -3.39. The van der Waals surface area contributed by atoms with E-state index in [0.29, 0.717) is 10.9 Å². The number of ether oxygens (including phenoxy) is 2. The number of hydrogen-bond acceptors (Lipinski definition) is 6. The molecule has 1 N–H and O–H groups in total. The minimum absolute atomic E-state index is 0.0362. The number of aromatic amines is 1. The Morgan fingerprint density at radius 1 is 1.12 bits per heavy atom. The van der Waals surface area contributed by atoms with Crippen molar-refractivity contribution in [3.05, 3.63) is 64.1 Å². The van der Waals surface area contributed by atoms with Crippen LogP contribution in [0, 0.1) is 5.82 Å². The lowest BCUT2D eigenvalue weighted by atomic mass is 10.1. The Morgan fingerprint density at radius 3 is 2.42 bits per heavy atom. The molecule has 1 heterocycles. The third-order valence-electron chi connectivity index (χ3n) is 4.75. The van der Waals surface area contributed by atoms with Gasteiger partial charge in [0, 0.05) is 23.0 Å². The van der Waals surface area contributed by atoms with Gasteiger partial charge < -0.3 is 19.4 Å². The first-order chi connectivity index (χ1) is 15.4. The average Bonchev–Trinajstić information content (AvgIpc) is 3.10. The normalized spacial score (nSPS) is 11.4. The number of aromatic nitrogens is 1. The van der Waals surface area contributed by atoms with Gasteiger partial charge in [-0.25, -0.2) is 14.0 Å². The summed E-state index contributed by atoms with van der Waals surface area (Å²) in [5.41, 5.74) is 0.222. The summed E-state index contributed by atoms with van der Waals surface area (Å²) in [6.07, 6.45) is 0. The molecule has 2 aromatic carbocycles. The van der Waals surface area contributed by atoms with Gasteiger partial charge in [0.2, 0.25) is 0 Å². The second-order valence-electron chi connectivity index (χ2n) is 8.51. The molecule has 0 spiro atoms. The van der Waals surface area contributed by atoms with Gasteiger partial charge in [-0.15, -0.1) is 0 Å². The number of halogens is 2. The largest absolute Gasteiger partial charge is 0.464 e. The zero-order valence-corrected chi connectivity index (χ0v) is 19.7. The number of methoxy groups -OCH3 is 1. The van der Waals surface area contributed by atoms with Crippen molar-refractivity contribution < 1.29 is 28.2 Å². The number of hydrogen-bond donors (Lipinski definition) is 1. The van der Waals surface area contributed by atoms with Crippen molar-refractivity contribution in [3.63, 3.8) is 0 Å². The third kappa shape index (κ3) is 5.34. The second kappa shape index (κ2) is 9.23. The SMILES string of the molecule is COC(=O)c1[nH]c2cc(Cl)cc(C(=O)OC(C)(C)C)c2c1N(C)CC(=O)c1cccc(F)c1. The Labute approximate surface area is 195 Å². The van der Waals surface area contributed by atoms with Crippen molar-refractivity contribution in [2.45, 2.75) is 26.4 Å². The van der Waals surface area contributed by atoms with E-state index in [-0.39, 0.29) is 39.9 Å². The molecule has 0 saturated heterocycles. The zero-order valence-electron chi connectivity index (χ0n) is 18.9. The molecule has 7 nitrogen and oxygen atoms in total. The van der Waals surface area contributed by atoms with Gasteiger partial charge in [0.1, 0.15) is 17.1 Å². The lowest BCUT2D eigenvalue weighted by Gasteiger charge is -2.22. The summed E-state index contributed by atoms with van der Waals surface area (Å²) in [6, 6.07) is 8.32. The molecule has 0 bridgehead atoms. The smallest absolute Gasteiger partial charge is 0.356 e. The summed E-state index contributed by atoms with van der Waals surface area (Å²) in [6.45, 7) is 4.99. The summed E-state index contributed by atoms with van der Waals surface area (Å²) in [5.74, 6) is -2.25. The maximum Gasteiger partial charge on any atom is 0.356 e. The molecule has 3 rings (SSSR count). The van der Waals surface area contributed by atoms with Crippen LogP contribution in [0.5, 0.6) is 0 Å². The number of carbonyl (C=O) groups excluding carboxylic acids is 3. The number of nitrogens with one attached hydrogen (secondary N) is 1. The van der Waals surface area contributed by atoms with Gasteiger partial charge in [-0.3, -0.25) is 4.79 Å². The fourth-order valence-electron chi connectivity index (χ4n) is 3.45. The van der Waals surface area contributed by atoms with Gasteiger partial charge >= 0.3 is 11.9 Å². The van der Waals surface area contributed by atoms with E-state index >= 15 is 0 Å². The lowest BCUT2D eigenvalue weighted by Crippen LogP contribution is -2.28. The van der Waals surface area contributed by atoms with Crippen molar-refractivity contribution >= 4 is 45.9 Å². The summed E-state index contributed by atoms with van der Waals surface area (Å²) in [5, 5.41) is 0.606. The number of rotatable bonds is 6. The third-order valence-corrected chi connectivity index (χ3v) is 4.97. The molecule has 0 fully saturated rings. The number of esters is 2. The number of likely N-dealkylation sites (N-methyl/N-ethyl adjacent to an activating group) is 1. The van der Waals surface area contributed by atoms with E-state index < -0.39 is 23.4 Å². The minimum atomic E-state index is -0.771. The molecule has 3 aromatic rings. The number of anilines is 1. The first kappa shape index (κ1) is 24.3. The number of H-pyrrole nitrogens is 1. The van der Waals surface area contributed by atoms with Gasteiger partial charge in [-0.2, -0.15) is 0 Å². The number of nitrogens with zero attached hydrogens (tertiary/aromatic N) is 1. The van der Waals surface area contributed by atoms with E-state index in [1.54, 1.807) is 33.9 Å². The topological polar surface area (TPSA) is 88.7 Å². The van der Waals surface area contributed by atoms with Crippen LogP contribution in [0.15, 0.2) is 36.4 Å². The Morgan fingerprint density at radius 2 is 1.82 bits per heavy atom. The van der Waals surface area contributed by atoms with Crippen molar-refractivity contribution in [1.29, 1.82) is 0 Å². The highest BCUT2D eigenvalue weighted by atomic mass is 35.5. The highest BCUT2D eigenvalue weighted by Gasteiger charge is 2.29. The van der Waals surface area contributed by atoms with Crippen LogP contribution in [0.3, 0.4) is 0 Å².